The zero-order valence-electron chi connectivity index (χ0n) is 23.7. The highest BCUT2D eigenvalue weighted by molar-refractivity contribution is 9.10. The van der Waals surface area contributed by atoms with Gasteiger partial charge in [-0.05, 0) is 95.8 Å². The molecule has 210 valence electrons. The van der Waals surface area contributed by atoms with E-state index < -0.39 is 0 Å². The Hall–Kier alpha value is -3.86. The summed E-state index contributed by atoms with van der Waals surface area (Å²) in [6, 6.07) is 41.9. The Labute approximate surface area is 265 Å². The lowest BCUT2D eigenvalue weighted by Gasteiger charge is -2.17. The Morgan fingerprint density at radius 1 is 0.500 bits per heavy atom. The SMILES string of the molecule is CCOc1cc(C=C(c2ccccc2)c2ccc(Br)cc2)c(OCC)cc1C=C(c1ccccc1)c1ccc(Br)cc1. The number of rotatable bonds is 10. The fourth-order valence-electron chi connectivity index (χ4n) is 4.85. The molecule has 0 aromatic heterocycles. The topological polar surface area (TPSA) is 18.5 Å². The van der Waals surface area contributed by atoms with Crippen molar-refractivity contribution in [1.82, 2.24) is 0 Å². The molecule has 5 rings (SSSR count). The van der Waals surface area contributed by atoms with Gasteiger partial charge in [-0.3, -0.25) is 0 Å². The first kappa shape index (κ1) is 29.6. The molecule has 0 aliphatic carbocycles. The van der Waals surface area contributed by atoms with E-state index in [0.29, 0.717) is 13.2 Å². The molecule has 0 saturated heterocycles. The summed E-state index contributed by atoms with van der Waals surface area (Å²) in [5.74, 6) is 1.61. The summed E-state index contributed by atoms with van der Waals surface area (Å²) < 4.78 is 14.6. The standard InChI is InChI=1S/C38H32Br2O2/c1-3-41-37-25-32(24-36(28-13-9-6-10-14-28)30-17-21-34(40)22-18-30)38(42-4-2)26-31(37)23-35(27-11-7-5-8-12-27)29-15-19-33(39)20-16-29/h5-26H,3-4H2,1-2H3. The van der Waals surface area contributed by atoms with Crippen molar-refractivity contribution in [2.75, 3.05) is 13.2 Å². The van der Waals surface area contributed by atoms with Gasteiger partial charge >= 0.3 is 0 Å². The second-order valence-electron chi connectivity index (χ2n) is 9.66. The van der Waals surface area contributed by atoms with E-state index in [0.717, 1.165) is 65.0 Å². The number of hydrogen-bond donors (Lipinski definition) is 0. The monoisotopic (exact) mass is 678 g/mol. The van der Waals surface area contributed by atoms with Gasteiger partial charge in [0.05, 0.1) is 13.2 Å². The number of halogens is 2. The molecule has 5 aromatic carbocycles. The Balaban J connectivity index is 1.71. The Morgan fingerprint density at radius 2 is 0.833 bits per heavy atom. The lowest BCUT2D eigenvalue weighted by atomic mass is 9.93. The Morgan fingerprint density at radius 3 is 1.17 bits per heavy atom. The molecule has 0 fully saturated rings. The van der Waals surface area contributed by atoms with Gasteiger partial charge in [0.25, 0.3) is 0 Å². The molecule has 0 radical (unpaired) electrons. The maximum absolute atomic E-state index is 6.27. The Bertz CT molecular complexity index is 1540. The van der Waals surface area contributed by atoms with Crippen LogP contribution in [-0.4, -0.2) is 13.2 Å². The third-order valence-corrected chi connectivity index (χ3v) is 7.88. The van der Waals surface area contributed by atoms with Crippen LogP contribution in [0.5, 0.6) is 11.5 Å². The molecule has 0 spiro atoms. The van der Waals surface area contributed by atoms with E-state index in [-0.39, 0.29) is 0 Å². The van der Waals surface area contributed by atoms with Gasteiger partial charge < -0.3 is 9.47 Å². The average molecular weight is 680 g/mol. The van der Waals surface area contributed by atoms with Crippen LogP contribution < -0.4 is 9.47 Å². The Kier molecular flexibility index (Phi) is 10.1. The van der Waals surface area contributed by atoms with E-state index in [1.54, 1.807) is 0 Å². The number of ether oxygens (including phenoxy) is 2. The molecule has 0 saturated carbocycles. The summed E-state index contributed by atoms with van der Waals surface area (Å²) >= 11 is 7.15. The van der Waals surface area contributed by atoms with Crippen molar-refractivity contribution in [3.63, 3.8) is 0 Å². The van der Waals surface area contributed by atoms with Crippen LogP contribution in [0, 0.1) is 0 Å². The van der Waals surface area contributed by atoms with E-state index in [1.165, 1.54) is 0 Å². The maximum Gasteiger partial charge on any atom is 0.127 e. The molecule has 0 amide bonds. The van der Waals surface area contributed by atoms with Crippen molar-refractivity contribution in [3.05, 3.63) is 164 Å². The quantitative estimate of drug-likeness (QED) is 0.137. The van der Waals surface area contributed by atoms with Crippen molar-refractivity contribution in [2.45, 2.75) is 13.8 Å². The zero-order chi connectivity index (χ0) is 29.3. The van der Waals surface area contributed by atoms with Crippen LogP contribution in [0.25, 0.3) is 23.3 Å². The summed E-state index contributed by atoms with van der Waals surface area (Å²) in [6.45, 7) is 5.14. The van der Waals surface area contributed by atoms with Crippen molar-refractivity contribution < 1.29 is 9.47 Å². The van der Waals surface area contributed by atoms with Crippen LogP contribution in [0.1, 0.15) is 47.2 Å². The first-order chi connectivity index (χ1) is 20.6. The second kappa shape index (κ2) is 14.4. The van der Waals surface area contributed by atoms with Gasteiger partial charge in [-0.25, -0.2) is 0 Å². The molecule has 5 aromatic rings. The smallest absolute Gasteiger partial charge is 0.127 e. The van der Waals surface area contributed by atoms with Crippen LogP contribution >= 0.6 is 31.9 Å². The van der Waals surface area contributed by atoms with Gasteiger partial charge in [0.15, 0.2) is 0 Å². The highest BCUT2D eigenvalue weighted by Gasteiger charge is 2.15. The minimum atomic E-state index is 0.551. The van der Waals surface area contributed by atoms with Crippen LogP contribution in [0.15, 0.2) is 130 Å². The summed E-state index contributed by atoms with van der Waals surface area (Å²) in [4.78, 5) is 0. The lowest BCUT2D eigenvalue weighted by Crippen LogP contribution is -2.00. The van der Waals surface area contributed by atoms with E-state index in [4.69, 9.17) is 9.47 Å². The van der Waals surface area contributed by atoms with Crippen molar-refractivity contribution in [2.24, 2.45) is 0 Å². The van der Waals surface area contributed by atoms with E-state index in [1.807, 2.05) is 26.0 Å². The van der Waals surface area contributed by atoms with Crippen molar-refractivity contribution in [3.8, 4) is 11.5 Å². The van der Waals surface area contributed by atoms with Gasteiger partial charge in [-0.1, -0.05) is 117 Å². The predicted molar refractivity (Wildman–Crippen MR) is 184 cm³/mol. The maximum atomic E-state index is 6.27. The van der Waals surface area contributed by atoms with Crippen molar-refractivity contribution in [1.29, 1.82) is 0 Å². The largest absolute Gasteiger partial charge is 0.493 e. The van der Waals surface area contributed by atoms with Crippen LogP contribution in [0.2, 0.25) is 0 Å². The molecular weight excluding hydrogens is 648 g/mol. The molecule has 0 bridgehead atoms. The number of benzene rings is 5. The van der Waals surface area contributed by atoms with E-state index in [2.05, 4.69) is 153 Å². The first-order valence-corrected chi connectivity index (χ1v) is 15.6. The van der Waals surface area contributed by atoms with Gasteiger partial charge in [0, 0.05) is 20.1 Å². The van der Waals surface area contributed by atoms with Crippen LogP contribution in [0.3, 0.4) is 0 Å². The molecule has 0 N–H and O–H groups in total. The minimum Gasteiger partial charge on any atom is -0.493 e. The molecule has 0 aliphatic rings. The third kappa shape index (κ3) is 7.31. The van der Waals surface area contributed by atoms with E-state index in [9.17, 15) is 0 Å². The summed E-state index contributed by atoms with van der Waals surface area (Å²) in [5.41, 5.74) is 8.64. The van der Waals surface area contributed by atoms with Crippen molar-refractivity contribution >= 4 is 55.2 Å². The number of hydrogen-bond acceptors (Lipinski definition) is 2. The molecule has 0 atom stereocenters. The average Bonchev–Trinajstić information content (AvgIpc) is 3.02. The van der Waals surface area contributed by atoms with Gasteiger partial charge in [0.2, 0.25) is 0 Å². The van der Waals surface area contributed by atoms with Crippen LogP contribution in [-0.2, 0) is 0 Å². The molecule has 0 heterocycles. The highest BCUT2D eigenvalue weighted by atomic mass is 79.9. The molecule has 0 aliphatic heterocycles. The van der Waals surface area contributed by atoms with Gasteiger partial charge in [-0.2, -0.15) is 0 Å². The zero-order valence-corrected chi connectivity index (χ0v) is 26.9. The van der Waals surface area contributed by atoms with Gasteiger partial charge in [-0.15, -0.1) is 0 Å². The lowest BCUT2D eigenvalue weighted by molar-refractivity contribution is 0.329. The summed E-state index contributed by atoms with van der Waals surface area (Å²) in [7, 11) is 0. The third-order valence-electron chi connectivity index (χ3n) is 6.82. The minimum absolute atomic E-state index is 0.551. The molecule has 0 unspecified atom stereocenters. The second-order valence-corrected chi connectivity index (χ2v) is 11.5. The predicted octanol–water partition coefficient (Wildman–Crippen LogP) is 11.2. The summed E-state index contributed by atoms with van der Waals surface area (Å²) in [5, 5.41) is 0. The molecule has 2 nitrogen and oxygen atoms in total. The molecule has 42 heavy (non-hydrogen) atoms. The van der Waals surface area contributed by atoms with Crippen LogP contribution in [0.4, 0.5) is 0 Å². The van der Waals surface area contributed by atoms with Gasteiger partial charge in [0.1, 0.15) is 11.5 Å². The highest BCUT2D eigenvalue weighted by Crippen LogP contribution is 2.37. The fourth-order valence-corrected chi connectivity index (χ4v) is 5.38. The fraction of sp³-hybridized carbons (Fsp3) is 0.105. The van der Waals surface area contributed by atoms with E-state index >= 15 is 0 Å². The molecule has 4 heteroatoms. The normalized spacial score (nSPS) is 11.8. The molecular formula is C38H32Br2O2. The summed E-state index contributed by atoms with van der Waals surface area (Å²) in [6.07, 6.45) is 4.40. The first-order valence-electron chi connectivity index (χ1n) is 14.1.